The van der Waals surface area contributed by atoms with E-state index in [-0.39, 0.29) is 68.4 Å². The fraction of sp³-hybridized carbons (Fsp3) is 0.754. The van der Waals surface area contributed by atoms with Crippen LogP contribution in [0.1, 0.15) is 215 Å². The van der Waals surface area contributed by atoms with E-state index in [0.717, 1.165) is 63.6 Å². The van der Waals surface area contributed by atoms with Crippen LogP contribution in [0.4, 0.5) is 14.4 Å². The third-order valence-electron chi connectivity index (χ3n) is 19.0. The van der Waals surface area contributed by atoms with Crippen LogP contribution < -0.4 is 5.32 Å². The Morgan fingerprint density at radius 3 is 1.24 bits per heavy atom. The van der Waals surface area contributed by atoms with Gasteiger partial charge in [0.25, 0.3) is 0 Å². The van der Waals surface area contributed by atoms with Gasteiger partial charge in [-0.1, -0.05) is 83.7 Å². The maximum absolute atomic E-state index is 12.9. The second-order valence-electron chi connectivity index (χ2n) is 25.8. The number of nitrogens with one attached hydrogen (secondary N) is 1. The summed E-state index contributed by atoms with van der Waals surface area (Å²) in [5, 5.41) is 30.0. The van der Waals surface area contributed by atoms with E-state index in [1.807, 2.05) is 30.3 Å². The van der Waals surface area contributed by atoms with Gasteiger partial charge in [-0.15, -0.1) is 34.9 Å². The third-order valence-corrected chi connectivity index (χ3v) is 19.6. The molecule has 2 N–H and O–H groups in total. The van der Waals surface area contributed by atoms with Crippen molar-refractivity contribution < 1.29 is 85.7 Å². The van der Waals surface area contributed by atoms with E-state index in [1.54, 1.807) is 4.90 Å². The minimum Gasteiger partial charge on any atom is -0.724 e. The van der Waals surface area contributed by atoms with E-state index >= 15 is 0 Å². The van der Waals surface area contributed by atoms with Crippen molar-refractivity contribution in [2.45, 2.75) is 237 Å². The van der Waals surface area contributed by atoms with Crippen molar-refractivity contribution in [3.05, 3.63) is 71.2 Å². The van der Waals surface area contributed by atoms with Gasteiger partial charge < -0.3 is 56.5 Å². The molecule has 7 aliphatic heterocycles. The van der Waals surface area contributed by atoms with Crippen LogP contribution in [0, 0.1) is 0 Å². The number of carbonyl (C=O) groups is 3. The van der Waals surface area contributed by atoms with Crippen molar-refractivity contribution in [2.24, 2.45) is 0 Å². The molecular weight excluding hydrogens is 1280 g/mol. The van der Waals surface area contributed by atoms with Crippen molar-refractivity contribution in [3.8, 4) is 0 Å². The summed E-state index contributed by atoms with van der Waals surface area (Å²) < 4.78 is 107. The minimum absolute atomic E-state index is 0.0665. The number of benzene rings is 1. The number of piperidine rings is 3. The van der Waals surface area contributed by atoms with Gasteiger partial charge in [-0.3, -0.25) is 9.39 Å². The van der Waals surface area contributed by atoms with Crippen LogP contribution in [0.25, 0.3) is 0 Å². The highest BCUT2D eigenvalue weighted by atomic mass is 32.3. The first kappa shape index (κ1) is 71.7. The van der Waals surface area contributed by atoms with E-state index in [0.29, 0.717) is 85.2 Å². The number of amides is 6. The van der Waals surface area contributed by atoms with Crippen LogP contribution in [-0.2, 0) is 74.8 Å². The Morgan fingerprint density at radius 1 is 0.516 bits per heavy atom. The van der Waals surface area contributed by atoms with Crippen molar-refractivity contribution in [1.29, 1.82) is 0 Å². The number of aromatic nitrogens is 6. The quantitative estimate of drug-likeness (QED) is 0.0274. The summed E-state index contributed by atoms with van der Waals surface area (Å²) in [6.45, 7) is 18.8. The summed E-state index contributed by atoms with van der Waals surface area (Å²) in [6, 6.07) is 6.35. The van der Waals surface area contributed by atoms with Crippen molar-refractivity contribution >= 4 is 38.9 Å². The standard InChI is InChI=1S/C20H24N4O4.C16H36N.C13H18N4O7S.C12H17N5O7S/c25-20-23-11-15(24(20)27-12-14-5-2-1-3-6-14)9-10-17(23)19-22-21-18(28-19)13-26-16-7-4-8-16;1-5-9-13-17(14-10-6-2,15-11-7-3)16-12-8-4;18-13-16-6-8(17(13)24-25(19,20)21)4-5-10(16)12-15-14-11(23-12)7-22-9-2-1-3-9;18-12-16-5-7(17(12)24-25(19,20)21)1-2-9(16)11-15-14-10(23-11)6-22-8-3-13-4-8/h1-3,5-6,15-17H,4,7-13H2;5-16H2,1-4H3;8-10H,1-7H2,(H,19,20,21);7-9,13H,1-6H2,(H,19,20,21)/q;+1;;/p-1/t15-,17+;;8-,10+;7-,9+/m1.11/s1. The zero-order valence-electron chi connectivity index (χ0n) is 54.9. The number of quaternary nitrogens is 1. The number of unbranched alkanes of at least 4 members (excludes halogenated alkanes) is 4. The lowest BCUT2D eigenvalue weighted by molar-refractivity contribution is -0.929. The molecule has 1 aromatic carbocycles. The average Bonchev–Trinajstić information content (AvgIpc) is 1.69. The predicted molar refractivity (Wildman–Crippen MR) is 332 cm³/mol. The van der Waals surface area contributed by atoms with Crippen LogP contribution in [0.15, 0.2) is 43.6 Å². The minimum atomic E-state index is -5.01. The van der Waals surface area contributed by atoms with Gasteiger partial charge in [-0.05, 0) is 108 Å². The Kier molecular flexibility index (Phi) is 25.3. The van der Waals surface area contributed by atoms with Gasteiger partial charge in [0.1, 0.15) is 44.6 Å². The number of ether oxygens (including phenoxy) is 3. The molecule has 4 aromatic rings. The van der Waals surface area contributed by atoms with Crippen LogP contribution >= 0.6 is 0 Å². The molecule has 528 valence electrons. The fourth-order valence-electron chi connectivity index (χ4n) is 13.0. The lowest BCUT2D eigenvalue weighted by Gasteiger charge is -2.39. The Bertz CT molecular complexity index is 3150. The Morgan fingerprint density at radius 2 is 0.895 bits per heavy atom. The number of carbonyl (C=O) groups excluding carboxylic acids is 3. The molecule has 6 atom stereocenters. The zero-order valence-corrected chi connectivity index (χ0v) is 56.6. The molecule has 7 saturated heterocycles. The molecule has 2 aliphatic carbocycles. The molecule has 3 aromatic heterocycles. The Balaban J connectivity index is 0.000000140. The normalized spacial score (nSPS) is 23.6. The average molecular weight is 1380 g/mol. The van der Waals surface area contributed by atoms with Gasteiger partial charge in [0.15, 0.2) is 0 Å². The van der Waals surface area contributed by atoms with E-state index in [1.165, 1.54) is 103 Å². The topological polar surface area (TPSA) is 366 Å². The molecular formula is C61H94N14O18S2. The molecule has 0 spiro atoms. The molecule has 9 fully saturated rings. The molecule has 0 radical (unpaired) electrons. The second-order valence-corrected chi connectivity index (χ2v) is 27.8. The molecule has 6 amide bonds. The third kappa shape index (κ3) is 19.2. The van der Waals surface area contributed by atoms with Gasteiger partial charge in [-0.25, -0.2) is 22.8 Å². The lowest BCUT2D eigenvalue weighted by atomic mass is 9.96. The highest BCUT2D eigenvalue weighted by molar-refractivity contribution is 7.81. The first-order valence-electron chi connectivity index (χ1n) is 34.0. The van der Waals surface area contributed by atoms with Crippen LogP contribution in [-0.4, -0.2) is 204 Å². The predicted octanol–water partition coefficient (Wildman–Crippen LogP) is 7.92. The van der Waals surface area contributed by atoms with Crippen LogP contribution in [0.2, 0.25) is 0 Å². The first-order chi connectivity index (χ1) is 45.8. The number of rotatable bonds is 31. The number of fused-ring (bicyclic) bond motifs is 6. The van der Waals surface area contributed by atoms with Crippen molar-refractivity contribution in [1.82, 2.24) is 65.8 Å². The SMILES string of the molecule is CCCC[N+](CCCC)(CCCC)CCCC.O=C1N2C[C@@H](CC[C@H]2c2nnc(COC3CCC3)o2)N1OCc1ccccc1.O=C1N2C[C@@H](CC[C@H]2c2nnc(COC3CCC3)o2)N1OS(=O)(=O)[O-].O=C1N2C[C@@H](CC[C@H]2c2nnc(COC3CNC3)o2)N1OS(=O)(=O)O. The van der Waals surface area contributed by atoms with Gasteiger partial charge in [0, 0.05) is 32.7 Å². The van der Waals surface area contributed by atoms with E-state index < -0.39 is 57.0 Å². The molecule has 32 nitrogen and oxygen atoms in total. The lowest BCUT2D eigenvalue weighted by Crippen LogP contribution is -2.50. The Labute approximate surface area is 555 Å². The molecule has 95 heavy (non-hydrogen) atoms. The number of hydroxylamine groups is 6. The Hall–Kier alpha value is -6.05. The molecule has 10 heterocycles. The van der Waals surface area contributed by atoms with E-state index in [2.05, 4.69) is 72.2 Å². The summed E-state index contributed by atoms with van der Waals surface area (Å²) in [5.74, 6) is 2.17. The highest BCUT2D eigenvalue weighted by Crippen LogP contribution is 2.41. The molecule has 2 saturated carbocycles. The largest absolute Gasteiger partial charge is 0.724 e. The molecule has 9 aliphatic rings. The summed E-state index contributed by atoms with van der Waals surface area (Å²) in [6.07, 6.45) is 22.0. The monoisotopic (exact) mass is 1370 g/mol. The van der Waals surface area contributed by atoms with Gasteiger partial charge in [-0.2, -0.15) is 27.9 Å². The van der Waals surface area contributed by atoms with Gasteiger partial charge in [0.2, 0.25) is 45.7 Å². The smallest absolute Gasteiger partial charge is 0.418 e. The highest BCUT2D eigenvalue weighted by Gasteiger charge is 2.51. The summed E-state index contributed by atoms with van der Waals surface area (Å²) in [4.78, 5) is 47.9. The van der Waals surface area contributed by atoms with E-state index in [4.69, 9.17) is 36.9 Å². The number of hydrogen-bond donors (Lipinski definition) is 2. The summed E-state index contributed by atoms with van der Waals surface area (Å²) >= 11 is 0. The summed E-state index contributed by atoms with van der Waals surface area (Å²) in [7, 11) is -9.77. The number of hydrogen-bond acceptors (Lipinski definition) is 24. The molecule has 34 heteroatoms. The van der Waals surface area contributed by atoms with Crippen LogP contribution in [0.3, 0.4) is 0 Å². The number of nitrogens with zero attached hydrogens (tertiary/aromatic N) is 13. The molecule has 0 unspecified atom stereocenters. The first-order valence-corrected chi connectivity index (χ1v) is 36.7. The summed E-state index contributed by atoms with van der Waals surface area (Å²) in [5.41, 5.74) is 1.04. The van der Waals surface area contributed by atoms with Crippen molar-refractivity contribution in [2.75, 3.05) is 58.9 Å². The maximum atomic E-state index is 12.9. The van der Waals surface area contributed by atoms with Gasteiger partial charge in [0.05, 0.1) is 62.6 Å². The maximum Gasteiger partial charge on any atom is 0.418 e. The zero-order chi connectivity index (χ0) is 67.1. The molecule has 6 bridgehead atoms. The van der Waals surface area contributed by atoms with Crippen molar-refractivity contribution in [3.63, 3.8) is 0 Å². The van der Waals surface area contributed by atoms with E-state index in [9.17, 15) is 35.8 Å². The van der Waals surface area contributed by atoms with Gasteiger partial charge >= 0.3 is 28.5 Å². The van der Waals surface area contributed by atoms with Crippen LogP contribution in [0.5, 0.6) is 0 Å². The molecule has 13 rings (SSSR count). The number of urea groups is 3. The fourth-order valence-corrected chi connectivity index (χ4v) is 13.8. The second kappa shape index (κ2) is 33.5.